The molecule has 0 spiro atoms. The third-order valence-corrected chi connectivity index (χ3v) is 8.28. The molecule has 1 amide bonds. The molecule has 0 bridgehead atoms. The number of hydrogen-bond donors (Lipinski definition) is 1. The molecule has 4 rings (SSSR count). The Hall–Kier alpha value is -3.81. The van der Waals surface area contributed by atoms with E-state index in [1.165, 1.54) is 4.31 Å². The Balaban J connectivity index is 1.59. The van der Waals surface area contributed by atoms with Gasteiger partial charge in [0.1, 0.15) is 5.75 Å². The van der Waals surface area contributed by atoms with E-state index < -0.39 is 10.0 Å². The van der Waals surface area contributed by atoms with Crippen molar-refractivity contribution in [1.29, 1.82) is 0 Å². The van der Waals surface area contributed by atoms with Crippen LogP contribution in [0.5, 0.6) is 5.75 Å². The summed E-state index contributed by atoms with van der Waals surface area (Å²) in [5.74, 6) is 0.459. The number of aryl methyl sites for hydroxylation is 1. The van der Waals surface area contributed by atoms with E-state index in [-0.39, 0.29) is 23.4 Å². The van der Waals surface area contributed by atoms with Crippen molar-refractivity contribution in [2.45, 2.75) is 31.3 Å². The Labute approximate surface area is 228 Å². The number of halogens is 1. The maximum atomic E-state index is 13.7. The molecule has 0 aliphatic heterocycles. The largest absolute Gasteiger partial charge is 0.496 e. The zero-order valence-electron chi connectivity index (χ0n) is 21.4. The Morgan fingerprint density at radius 2 is 1.61 bits per heavy atom. The molecule has 0 saturated heterocycles. The molecule has 8 heteroatoms. The van der Waals surface area contributed by atoms with Crippen molar-refractivity contribution in [2.75, 3.05) is 11.4 Å². The van der Waals surface area contributed by atoms with Gasteiger partial charge in [-0.3, -0.25) is 9.10 Å². The second-order valence-electron chi connectivity index (χ2n) is 8.89. The van der Waals surface area contributed by atoms with E-state index in [2.05, 4.69) is 5.32 Å². The lowest BCUT2D eigenvalue weighted by molar-refractivity contribution is 0.0939. The SMILES string of the molecule is COc1ccccc1[C@H](C)NC(=O)c1ccc(CN(c2cc(Cl)ccc2C)S(=O)(=O)c2ccccc2)cc1. The molecule has 0 unspecified atom stereocenters. The van der Waals surface area contributed by atoms with Crippen LogP contribution < -0.4 is 14.4 Å². The van der Waals surface area contributed by atoms with E-state index >= 15 is 0 Å². The highest BCUT2D eigenvalue weighted by molar-refractivity contribution is 7.92. The number of carbonyl (C=O) groups is 1. The molecule has 0 aliphatic carbocycles. The number of para-hydroxylation sites is 1. The maximum Gasteiger partial charge on any atom is 0.264 e. The van der Waals surface area contributed by atoms with Crippen LogP contribution >= 0.6 is 11.6 Å². The smallest absolute Gasteiger partial charge is 0.264 e. The number of carbonyl (C=O) groups excluding carboxylic acids is 1. The molecule has 0 fully saturated rings. The summed E-state index contributed by atoms with van der Waals surface area (Å²) in [6, 6.07) is 27.6. The van der Waals surface area contributed by atoms with Crippen LogP contribution in [0.2, 0.25) is 5.02 Å². The first kappa shape index (κ1) is 27.2. The number of nitrogens with one attached hydrogen (secondary N) is 1. The molecule has 0 aliphatic rings. The fourth-order valence-electron chi connectivity index (χ4n) is 4.18. The highest BCUT2D eigenvalue weighted by Gasteiger charge is 2.26. The Morgan fingerprint density at radius 3 is 2.29 bits per heavy atom. The van der Waals surface area contributed by atoms with Crippen LogP contribution in [-0.4, -0.2) is 21.4 Å². The minimum Gasteiger partial charge on any atom is -0.496 e. The summed E-state index contributed by atoms with van der Waals surface area (Å²) >= 11 is 6.25. The number of hydrogen-bond acceptors (Lipinski definition) is 4. The molecule has 0 heterocycles. The summed E-state index contributed by atoms with van der Waals surface area (Å²) in [5, 5.41) is 3.43. The summed E-state index contributed by atoms with van der Waals surface area (Å²) < 4.78 is 34.1. The minimum absolute atomic E-state index is 0.0674. The predicted molar refractivity (Wildman–Crippen MR) is 151 cm³/mol. The number of sulfonamides is 1. The molecular weight excluding hydrogens is 520 g/mol. The summed E-state index contributed by atoms with van der Waals surface area (Å²) in [6.07, 6.45) is 0. The van der Waals surface area contributed by atoms with Crippen molar-refractivity contribution >= 4 is 33.2 Å². The van der Waals surface area contributed by atoms with Crippen LogP contribution in [0.25, 0.3) is 0 Å². The Bertz CT molecular complexity index is 1520. The maximum absolute atomic E-state index is 13.7. The van der Waals surface area contributed by atoms with Gasteiger partial charge in [-0.05, 0) is 67.4 Å². The lowest BCUT2D eigenvalue weighted by Crippen LogP contribution is -2.31. The first-order valence-corrected chi connectivity index (χ1v) is 13.9. The van der Waals surface area contributed by atoms with E-state index in [1.807, 2.05) is 38.1 Å². The monoisotopic (exact) mass is 548 g/mol. The van der Waals surface area contributed by atoms with Crippen molar-refractivity contribution in [2.24, 2.45) is 0 Å². The number of methoxy groups -OCH3 is 1. The van der Waals surface area contributed by atoms with Crippen molar-refractivity contribution in [3.8, 4) is 5.75 Å². The van der Waals surface area contributed by atoms with E-state index in [4.69, 9.17) is 16.3 Å². The van der Waals surface area contributed by atoms with E-state index in [9.17, 15) is 13.2 Å². The summed E-state index contributed by atoms with van der Waals surface area (Å²) in [6.45, 7) is 3.80. The van der Waals surface area contributed by atoms with Gasteiger partial charge in [0.25, 0.3) is 15.9 Å². The van der Waals surface area contributed by atoms with E-state index in [0.29, 0.717) is 22.0 Å². The fraction of sp³-hybridized carbons (Fsp3) is 0.167. The van der Waals surface area contributed by atoms with Gasteiger partial charge >= 0.3 is 0 Å². The average molecular weight is 549 g/mol. The fourth-order valence-corrected chi connectivity index (χ4v) is 5.88. The van der Waals surface area contributed by atoms with E-state index in [0.717, 1.165) is 16.7 Å². The van der Waals surface area contributed by atoms with Crippen molar-refractivity contribution in [3.63, 3.8) is 0 Å². The molecule has 0 saturated carbocycles. The first-order chi connectivity index (χ1) is 18.2. The number of nitrogens with zero attached hydrogens (tertiary/aromatic N) is 1. The molecule has 38 heavy (non-hydrogen) atoms. The molecular formula is C30H29ClN2O4S. The van der Waals surface area contributed by atoms with Gasteiger partial charge in [0.05, 0.1) is 30.3 Å². The van der Waals surface area contributed by atoms with Crippen molar-refractivity contribution < 1.29 is 17.9 Å². The standard InChI is InChI=1S/C30H29ClN2O4S/c1-21-13-18-25(31)19-28(21)33(38(35,36)26-9-5-4-6-10-26)20-23-14-16-24(17-15-23)30(34)32-22(2)27-11-7-8-12-29(27)37-3/h4-19,22H,20H2,1-3H3,(H,32,34)/t22-/m0/s1. The molecule has 6 nitrogen and oxygen atoms in total. The van der Waals surface area contributed by atoms with Crippen LogP contribution in [-0.2, 0) is 16.6 Å². The van der Waals surface area contributed by atoms with Gasteiger partial charge < -0.3 is 10.1 Å². The topological polar surface area (TPSA) is 75.7 Å². The minimum atomic E-state index is -3.89. The van der Waals surface area contributed by atoms with Gasteiger partial charge in [-0.15, -0.1) is 0 Å². The zero-order valence-corrected chi connectivity index (χ0v) is 23.0. The van der Waals surface area contributed by atoms with Gasteiger partial charge in [0.2, 0.25) is 0 Å². The lowest BCUT2D eigenvalue weighted by atomic mass is 10.1. The molecule has 4 aromatic rings. The lowest BCUT2D eigenvalue weighted by Gasteiger charge is -2.26. The number of anilines is 1. The molecule has 196 valence electrons. The highest BCUT2D eigenvalue weighted by Crippen LogP contribution is 2.31. The Morgan fingerprint density at radius 1 is 0.947 bits per heavy atom. The van der Waals surface area contributed by atoms with Gasteiger partial charge in [0.15, 0.2) is 0 Å². The average Bonchev–Trinajstić information content (AvgIpc) is 2.93. The molecule has 4 aromatic carbocycles. The predicted octanol–water partition coefficient (Wildman–Crippen LogP) is 6.54. The number of rotatable bonds is 9. The molecule has 0 aromatic heterocycles. The quantitative estimate of drug-likeness (QED) is 0.257. The number of amides is 1. The first-order valence-electron chi connectivity index (χ1n) is 12.1. The van der Waals surface area contributed by atoms with E-state index in [1.54, 1.807) is 79.9 Å². The molecule has 0 radical (unpaired) electrons. The Kier molecular flexibility index (Phi) is 8.39. The summed E-state index contributed by atoms with van der Waals surface area (Å²) in [5.41, 5.74) is 3.33. The second-order valence-corrected chi connectivity index (χ2v) is 11.2. The van der Waals surface area contributed by atoms with Gasteiger partial charge in [0, 0.05) is 16.1 Å². The van der Waals surface area contributed by atoms with Crippen LogP contribution in [0.4, 0.5) is 5.69 Å². The van der Waals surface area contributed by atoms with Crippen LogP contribution in [0, 0.1) is 6.92 Å². The summed E-state index contributed by atoms with van der Waals surface area (Å²) in [7, 11) is -2.29. The van der Waals surface area contributed by atoms with Crippen molar-refractivity contribution in [3.05, 3.63) is 124 Å². The number of ether oxygens (including phenoxy) is 1. The number of benzene rings is 4. The third kappa shape index (κ3) is 6.01. The molecule has 1 atom stereocenters. The van der Waals surface area contributed by atoms with Gasteiger partial charge in [-0.25, -0.2) is 8.42 Å². The zero-order chi connectivity index (χ0) is 27.3. The normalized spacial score (nSPS) is 12.0. The van der Waals surface area contributed by atoms with Gasteiger partial charge in [-0.1, -0.05) is 66.2 Å². The van der Waals surface area contributed by atoms with Crippen molar-refractivity contribution in [1.82, 2.24) is 5.32 Å². The second kappa shape index (κ2) is 11.7. The van der Waals surface area contributed by atoms with Crippen LogP contribution in [0.3, 0.4) is 0 Å². The third-order valence-electron chi connectivity index (χ3n) is 6.27. The van der Waals surface area contributed by atoms with Crippen LogP contribution in [0.15, 0.2) is 102 Å². The molecule has 1 N–H and O–H groups in total. The highest BCUT2D eigenvalue weighted by atomic mass is 35.5. The van der Waals surface area contributed by atoms with Crippen LogP contribution in [0.1, 0.15) is 40.0 Å². The summed E-state index contributed by atoms with van der Waals surface area (Å²) in [4.78, 5) is 13.1. The van der Waals surface area contributed by atoms with Gasteiger partial charge in [-0.2, -0.15) is 0 Å².